The summed E-state index contributed by atoms with van der Waals surface area (Å²) in [6.07, 6.45) is 5.53. The van der Waals surface area contributed by atoms with Gasteiger partial charge in [-0.1, -0.05) is 26.7 Å². The van der Waals surface area contributed by atoms with Gasteiger partial charge in [-0.05, 0) is 18.8 Å². The maximum atomic E-state index is 11.3. The highest BCUT2D eigenvalue weighted by molar-refractivity contribution is 5.69. The van der Waals surface area contributed by atoms with Crippen molar-refractivity contribution in [1.29, 1.82) is 0 Å². The second-order valence-electron chi connectivity index (χ2n) is 5.40. The summed E-state index contributed by atoms with van der Waals surface area (Å²) >= 11 is 0. The molecule has 0 amide bonds. The molecule has 0 saturated carbocycles. The number of carbonyl (C=O) groups is 1. The van der Waals surface area contributed by atoms with Gasteiger partial charge in [0.05, 0.1) is 19.6 Å². The number of nitrogens with zero attached hydrogens (tertiary/aromatic N) is 1. The molecule has 4 nitrogen and oxygen atoms in total. The van der Waals surface area contributed by atoms with E-state index >= 15 is 0 Å². The fourth-order valence-electron chi connectivity index (χ4n) is 2.60. The van der Waals surface area contributed by atoms with E-state index in [1.165, 1.54) is 26.4 Å². The summed E-state index contributed by atoms with van der Waals surface area (Å²) in [5.41, 5.74) is 0. The lowest BCUT2D eigenvalue weighted by molar-refractivity contribution is -0.141. The summed E-state index contributed by atoms with van der Waals surface area (Å²) in [5, 5.41) is 0. The molecule has 19 heavy (non-hydrogen) atoms. The van der Waals surface area contributed by atoms with E-state index in [1.807, 2.05) is 0 Å². The minimum Gasteiger partial charge on any atom is -0.469 e. The summed E-state index contributed by atoms with van der Waals surface area (Å²) in [5.74, 6) is 0.584. The van der Waals surface area contributed by atoms with Crippen LogP contribution < -0.4 is 0 Å². The van der Waals surface area contributed by atoms with Crippen molar-refractivity contribution < 1.29 is 14.3 Å². The van der Waals surface area contributed by atoms with E-state index in [4.69, 9.17) is 9.47 Å². The minimum absolute atomic E-state index is 0.123. The minimum atomic E-state index is -0.123. The number of hydrogen-bond acceptors (Lipinski definition) is 4. The Balaban J connectivity index is 2.42. The van der Waals surface area contributed by atoms with Crippen molar-refractivity contribution in [2.24, 2.45) is 5.92 Å². The summed E-state index contributed by atoms with van der Waals surface area (Å²) in [7, 11) is 1.45. The van der Waals surface area contributed by atoms with Crippen molar-refractivity contribution in [3.8, 4) is 0 Å². The van der Waals surface area contributed by atoms with Crippen LogP contribution in [0, 0.1) is 5.92 Å². The summed E-state index contributed by atoms with van der Waals surface area (Å²) in [6.45, 7) is 8.15. The van der Waals surface area contributed by atoms with Crippen LogP contribution in [-0.2, 0) is 14.3 Å². The van der Waals surface area contributed by atoms with Gasteiger partial charge in [0.15, 0.2) is 0 Å². The maximum Gasteiger partial charge on any atom is 0.306 e. The van der Waals surface area contributed by atoms with Crippen molar-refractivity contribution in [2.45, 2.75) is 52.1 Å². The molecule has 1 atom stereocenters. The first-order chi connectivity index (χ1) is 9.19. The lowest BCUT2D eigenvalue weighted by Crippen LogP contribution is -2.37. The Morgan fingerprint density at radius 1 is 1.42 bits per heavy atom. The molecule has 1 rings (SSSR count). The van der Waals surface area contributed by atoms with Crippen molar-refractivity contribution in [2.75, 3.05) is 33.4 Å². The van der Waals surface area contributed by atoms with E-state index in [2.05, 4.69) is 18.7 Å². The van der Waals surface area contributed by atoms with Crippen LogP contribution in [0.25, 0.3) is 0 Å². The highest BCUT2D eigenvalue weighted by Gasteiger charge is 2.21. The monoisotopic (exact) mass is 271 g/mol. The number of hydrogen-bond donors (Lipinski definition) is 0. The molecule has 1 aliphatic heterocycles. The Morgan fingerprint density at radius 3 is 2.68 bits per heavy atom. The van der Waals surface area contributed by atoms with Crippen LogP contribution in [0.4, 0.5) is 0 Å². The van der Waals surface area contributed by atoms with Crippen molar-refractivity contribution in [1.82, 2.24) is 4.90 Å². The van der Waals surface area contributed by atoms with Gasteiger partial charge in [-0.3, -0.25) is 9.69 Å². The molecule has 1 saturated heterocycles. The molecule has 0 aromatic rings. The maximum absolute atomic E-state index is 11.3. The lowest BCUT2D eigenvalue weighted by atomic mass is 10.0. The van der Waals surface area contributed by atoms with Crippen molar-refractivity contribution >= 4 is 5.97 Å². The average molecular weight is 271 g/mol. The predicted molar refractivity (Wildman–Crippen MR) is 76.1 cm³/mol. The Kier molecular flexibility index (Phi) is 8.07. The second kappa shape index (κ2) is 9.32. The molecular weight excluding hydrogens is 242 g/mol. The summed E-state index contributed by atoms with van der Waals surface area (Å²) in [6, 6.07) is 0. The molecule has 0 aliphatic carbocycles. The van der Waals surface area contributed by atoms with Gasteiger partial charge in [-0.15, -0.1) is 0 Å². The van der Waals surface area contributed by atoms with E-state index in [9.17, 15) is 4.79 Å². The molecule has 0 aromatic carbocycles. The van der Waals surface area contributed by atoms with Gasteiger partial charge in [-0.2, -0.15) is 0 Å². The Morgan fingerprint density at radius 2 is 2.16 bits per heavy atom. The van der Waals surface area contributed by atoms with Gasteiger partial charge in [0, 0.05) is 26.2 Å². The third kappa shape index (κ3) is 6.39. The van der Waals surface area contributed by atoms with Gasteiger partial charge in [-0.25, -0.2) is 0 Å². The predicted octanol–water partition coefficient (Wildman–Crippen LogP) is 2.47. The fraction of sp³-hybridized carbons (Fsp3) is 0.933. The standard InChI is InChI=1S/C15H29NO3/c1-4-13(5-2)11-16(9-8-15(17)18-3)12-14-7-6-10-19-14/h13-14H,4-12H2,1-3H3. The molecule has 0 N–H and O–H groups in total. The Hall–Kier alpha value is -0.610. The number of carbonyl (C=O) groups excluding carboxylic acids is 1. The molecule has 1 fully saturated rings. The highest BCUT2D eigenvalue weighted by atomic mass is 16.5. The molecule has 0 bridgehead atoms. The summed E-state index contributed by atoms with van der Waals surface area (Å²) < 4.78 is 10.4. The molecule has 1 unspecified atom stereocenters. The molecule has 0 radical (unpaired) electrons. The zero-order chi connectivity index (χ0) is 14.1. The molecule has 1 heterocycles. The van der Waals surface area contributed by atoms with E-state index in [1.54, 1.807) is 0 Å². The fourth-order valence-corrected chi connectivity index (χ4v) is 2.60. The number of rotatable bonds is 9. The topological polar surface area (TPSA) is 38.8 Å². The van der Waals surface area contributed by atoms with Gasteiger partial charge in [0.25, 0.3) is 0 Å². The van der Waals surface area contributed by atoms with E-state index < -0.39 is 0 Å². The Labute approximate surface area is 117 Å². The molecule has 4 heteroatoms. The second-order valence-corrected chi connectivity index (χ2v) is 5.40. The molecule has 1 aliphatic rings. The lowest BCUT2D eigenvalue weighted by Gasteiger charge is -2.28. The first-order valence-corrected chi connectivity index (χ1v) is 7.60. The van der Waals surface area contributed by atoms with Crippen LogP contribution in [0.5, 0.6) is 0 Å². The quantitative estimate of drug-likeness (QED) is 0.604. The highest BCUT2D eigenvalue weighted by Crippen LogP contribution is 2.16. The van der Waals surface area contributed by atoms with E-state index in [0.29, 0.717) is 18.4 Å². The van der Waals surface area contributed by atoms with Crippen LogP contribution in [0.2, 0.25) is 0 Å². The van der Waals surface area contributed by atoms with Crippen LogP contribution in [0.3, 0.4) is 0 Å². The molecular formula is C15H29NO3. The smallest absolute Gasteiger partial charge is 0.306 e. The third-order valence-electron chi connectivity index (χ3n) is 4.02. The first kappa shape index (κ1) is 16.4. The normalized spacial score (nSPS) is 19.3. The van der Waals surface area contributed by atoms with Crippen molar-refractivity contribution in [3.63, 3.8) is 0 Å². The zero-order valence-corrected chi connectivity index (χ0v) is 12.7. The summed E-state index contributed by atoms with van der Waals surface area (Å²) in [4.78, 5) is 13.7. The number of methoxy groups -OCH3 is 1. The average Bonchev–Trinajstić information content (AvgIpc) is 2.94. The van der Waals surface area contributed by atoms with Crippen LogP contribution in [-0.4, -0.2) is 50.3 Å². The van der Waals surface area contributed by atoms with Gasteiger partial charge < -0.3 is 9.47 Å². The molecule has 0 spiro atoms. The van der Waals surface area contributed by atoms with Crippen LogP contribution in [0.15, 0.2) is 0 Å². The van der Waals surface area contributed by atoms with E-state index in [-0.39, 0.29) is 5.97 Å². The number of ether oxygens (including phenoxy) is 2. The largest absolute Gasteiger partial charge is 0.469 e. The van der Waals surface area contributed by atoms with Gasteiger partial charge in [0.2, 0.25) is 0 Å². The van der Waals surface area contributed by atoms with Gasteiger partial charge in [0.1, 0.15) is 0 Å². The van der Waals surface area contributed by atoms with E-state index in [0.717, 1.165) is 32.7 Å². The zero-order valence-electron chi connectivity index (χ0n) is 12.7. The molecule has 112 valence electrons. The SMILES string of the molecule is CCC(CC)CN(CCC(=O)OC)CC1CCCO1. The number of esters is 1. The van der Waals surface area contributed by atoms with Crippen LogP contribution >= 0.6 is 0 Å². The van der Waals surface area contributed by atoms with Crippen LogP contribution in [0.1, 0.15) is 46.0 Å². The van der Waals surface area contributed by atoms with Crippen molar-refractivity contribution in [3.05, 3.63) is 0 Å². The first-order valence-electron chi connectivity index (χ1n) is 7.60. The van der Waals surface area contributed by atoms with Gasteiger partial charge >= 0.3 is 5.97 Å². The molecule has 0 aromatic heterocycles. The Bertz CT molecular complexity index is 244. The third-order valence-corrected chi connectivity index (χ3v) is 4.02.